The molecule has 5 aliphatic rings. The van der Waals surface area contributed by atoms with Crippen molar-refractivity contribution in [3.05, 3.63) is 0 Å². The molecule has 5 fully saturated rings. The highest BCUT2D eigenvalue weighted by atomic mass is 16.5. The first-order valence-electron chi connectivity index (χ1n) is 10.3. The molecule has 0 aromatic carbocycles. The summed E-state index contributed by atoms with van der Waals surface area (Å²) in [4.78, 5) is 39.1. The SMILES string of the molecule is COC(CNC(=O)C1CCCN1C(=O)C12CC3CC(CC(C3)C1)C2)C(=O)O. The van der Waals surface area contributed by atoms with Crippen LogP contribution in [-0.2, 0) is 19.1 Å². The van der Waals surface area contributed by atoms with Crippen molar-refractivity contribution in [2.45, 2.75) is 63.5 Å². The van der Waals surface area contributed by atoms with E-state index in [0.29, 0.717) is 30.7 Å². The number of carboxylic acid groups (broad SMARTS) is 1. The summed E-state index contributed by atoms with van der Waals surface area (Å²) in [7, 11) is 1.31. The van der Waals surface area contributed by atoms with Gasteiger partial charge in [-0.3, -0.25) is 9.59 Å². The Kier molecular flexibility index (Phi) is 4.91. The van der Waals surface area contributed by atoms with E-state index in [4.69, 9.17) is 9.84 Å². The lowest BCUT2D eigenvalue weighted by atomic mass is 9.49. The molecule has 0 aromatic rings. The molecule has 0 spiro atoms. The van der Waals surface area contributed by atoms with Crippen molar-refractivity contribution in [2.24, 2.45) is 23.2 Å². The molecule has 2 atom stereocenters. The first-order valence-corrected chi connectivity index (χ1v) is 10.3. The van der Waals surface area contributed by atoms with E-state index in [2.05, 4.69) is 5.32 Å². The summed E-state index contributed by atoms with van der Waals surface area (Å²) in [5.74, 6) is 0.884. The van der Waals surface area contributed by atoms with Crippen LogP contribution in [0, 0.1) is 23.2 Å². The number of nitrogens with zero attached hydrogens (tertiary/aromatic N) is 1. The van der Waals surface area contributed by atoms with Crippen molar-refractivity contribution >= 4 is 17.8 Å². The average Bonchev–Trinajstić information content (AvgIpc) is 3.09. The fourth-order valence-electron chi connectivity index (χ4n) is 6.54. The maximum absolute atomic E-state index is 13.5. The van der Waals surface area contributed by atoms with Crippen LogP contribution >= 0.6 is 0 Å². The third-order valence-corrected chi connectivity index (χ3v) is 7.33. The molecule has 4 bridgehead atoms. The summed E-state index contributed by atoms with van der Waals surface area (Å²) in [6.45, 7) is 0.547. The molecular formula is C20H30N2O5. The number of carbonyl (C=O) groups excluding carboxylic acids is 2. The van der Waals surface area contributed by atoms with Crippen molar-refractivity contribution in [3.63, 3.8) is 0 Å². The van der Waals surface area contributed by atoms with Crippen LogP contribution in [0.2, 0.25) is 0 Å². The Morgan fingerprint density at radius 3 is 2.26 bits per heavy atom. The zero-order valence-corrected chi connectivity index (χ0v) is 16.0. The smallest absolute Gasteiger partial charge is 0.334 e. The van der Waals surface area contributed by atoms with Crippen LogP contribution in [0.15, 0.2) is 0 Å². The number of likely N-dealkylation sites (tertiary alicyclic amines) is 1. The van der Waals surface area contributed by atoms with Crippen LogP contribution in [0.3, 0.4) is 0 Å². The molecule has 2 N–H and O–H groups in total. The largest absolute Gasteiger partial charge is 0.479 e. The monoisotopic (exact) mass is 378 g/mol. The fourth-order valence-corrected chi connectivity index (χ4v) is 6.54. The fraction of sp³-hybridized carbons (Fsp3) is 0.850. The summed E-state index contributed by atoms with van der Waals surface area (Å²) in [5.41, 5.74) is -0.242. The minimum Gasteiger partial charge on any atom is -0.479 e. The molecule has 1 saturated heterocycles. The Balaban J connectivity index is 1.43. The van der Waals surface area contributed by atoms with E-state index in [0.717, 1.165) is 25.7 Å². The number of amides is 2. The van der Waals surface area contributed by atoms with E-state index in [1.807, 2.05) is 0 Å². The van der Waals surface area contributed by atoms with E-state index in [1.54, 1.807) is 4.90 Å². The normalized spacial score (nSPS) is 38.0. The maximum Gasteiger partial charge on any atom is 0.334 e. The van der Waals surface area contributed by atoms with Crippen LogP contribution in [-0.4, -0.2) is 60.1 Å². The first-order chi connectivity index (χ1) is 12.9. The first kappa shape index (κ1) is 18.7. The Bertz CT molecular complexity index is 599. The average molecular weight is 378 g/mol. The maximum atomic E-state index is 13.5. The van der Waals surface area contributed by atoms with Gasteiger partial charge >= 0.3 is 5.97 Å². The molecule has 1 aliphatic heterocycles. The predicted molar refractivity (Wildman–Crippen MR) is 96.8 cm³/mol. The van der Waals surface area contributed by atoms with E-state index in [9.17, 15) is 14.4 Å². The number of aliphatic carboxylic acids is 1. The highest BCUT2D eigenvalue weighted by molar-refractivity contribution is 5.91. The van der Waals surface area contributed by atoms with Crippen LogP contribution < -0.4 is 5.32 Å². The number of carbonyl (C=O) groups is 3. The molecule has 2 unspecified atom stereocenters. The topological polar surface area (TPSA) is 95.9 Å². The number of rotatable bonds is 6. The summed E-state index contributed by atoms with van der Waals surface area (Å²) in [6.07, 6.45) is 7.23. The Hall–Kier alpha value is -1.63. The summed E-state index contributed by atoms with van der Waals surface area (Å²) >= 11 is 0. The highest BCUT2D eigenvalue weighted by Gasteiger charge is 2.56. The lowest BCUT2D eigenvalue weighted by Gasteiger charge is -2.56. The number of methoxy groups -OCH3 is 1. The van der Waals surface area contributed by atoms with Gasteiger partial charge in [0, 0.05) is 13.7 Å². The highest BCUT2D eigenvalue weighted by Crippen LogP contribution is 2.60. The van der Waals surface area contributed by atoms with Crippen LogP contribution in [0.5, 0.6) is 0 Å². The predicted octanol–water partition coefficient (Wildman–Crippen LogP) is 1.41. The second-order valence-electron chi connectivity index (χ2n) is 9.16. The van der Waals surface area contributed by atoms with E-state index < -0.39 is 18.1 Å². The van der Waals surface area contributed by atoms with Gasteiger partial charge in [-0.25, -0.2) is 4.79 Å². The number of hydrogen-bond donors (Lipinski definition) is 2. The molecule has 7 nitrogen and oxygen atoms in total. The Morgan fingerprint density at radius 2 is 1.74 bits per heavy atom. The van der Waals surface area contributed by atoms with Gasteiger partial charge in [0.15, 0.2) is 6.10 Å². The van der Waals surface area contributed by atoms with Crippen molar-refractivity contribution in [2.75, 3.05) is 20.2 Å². The summed E-state index contributed by atoms with van der Waals surface area (Å²) < 4.78 is 4.87. The minimum absolute atomic E-state index is 0.0828. The molecule has 27 heavy (non-hydrogen) atoms. The standard InChI is InChI=1S/C20H30N2O5/c1-27-16(18(24)25)11-21-17(23)15-3-2-4-22(15)19(26)20-8-12-5-13(9-20)7-14(6-12)10-20/h12-16H,2-11H2,1H3,(H,21,23)(H,24,25). The number of nitrogens with one attached hydrogen (secondary N) is 1. The minimum atomic E-state index is -1.11. The van der Waals surface area contributed by atoms with Crippen LogP contribution in [0.1, 0.15) is 51.4 Å². The lowest BCUT2D eigenvalue weighted by Crippen LogP contribution is -2.57. The third kappa shape index (κ3) is 3.35. The molecule has 4 saturated carbocycles. The molecule has 150 valence electrons. The number of ether oxygens (including phenoxy) is 1. The molecule has 0 aromatic heterocycles. The van der Waals surface area contributed by atoms with Gasteiger partial charge in [0.2, 0.25) is 11.8 Å². The summed E-state index contributed by atoms with van der Waals surface area (Å²) in [6, 6.07) is -0.475. The second kappa shape index (κ2) is 7.08. The van der Waals surface area contributed by atoms with Gasteiger partial charge in [0.1, 0.15) is 6.04 Å². The van der Waals surface area contributed by atoms with Crippen LogP contribution in [0.25, 0.3) is 0 Å². The number of carboxylic acids is 1. The van der Waals surface area contributed by atoms with Gasteiger partial charge in [0.05, 0.1) is 12.0 Å². The molecule has 4 aliphatic carbocycles. The molecule has 0 radical (unpaired) electrons. The Labute approximate surface area is 159 Å². The van der Waals surface area contributed by atoms with Crippen molar-refractivity contribution < 1.29 is 24.2 Å². The molecule has 2 amide bonds. The van der Waals surface area contributed by atoms with Gasteiger partial charge in [-0.15, -0.1) is 0 Å². The van der Waals surface area contributed by atoms with Gasteiger partial charge in [-0.2, -0.15) is 0 Å². The van der Waals surface area contributed by atoms with Crippen molar-refractivity contribution in [1.82, 2.24) is 10.2 Å². The van der Waals surface area contributed by atoms with Crippen molar-refractivity contribution in [3.8, 4) is 0 Å². The Morgan fingerprint density at radius 1 is 1.15 bits per heavy atom. The quantitative estimate of drug-likeness (QED) is 0.729. The molecular weight excluding hydrogens is 348 g/mol. The van der Waals surface area contributed by atoms with Gasteiger partial charge in [-0.05, 0) is 69.1 Å². The van der Waals surface area contributed by atoms with E-state index in [1.165, 1.54) is 26.4 Å². The zero-order valence-electron chi connectivity index (χ0n) is 16.0. The molecule has 5 rings (SSSR count). The van der Waals surface area contributed by atoms with Gasteiger partial charge in [0.25, 0.3) is 0 Å². The molecule has 1 heterocycles. The van der Waals surface area contributed by atoms with E-state index in [-0.39, 0.29) is 23.8 Å². The summed E-state index contributed by atoms with van der Waals surface area (Å²) in [5, 5.41) is 11.7. The van der Waals surface area contributed by atoms with E-state index >= 15 is 0 Å². The molecule has 7 heteroatoms. The van der Waals surface area contributed by atoms with Gasteiger partial charge in [-0.1, -0.05) is 0 Å². The second-order valence-corrected chi connectivity index (χ2v) is 9.16. The number of hydrogen-bond acceptors (Lipinski definition) is 4. The van der Waals surface area contributed by atoms with Gasteiger partial charge < -0.3 is 20.1 Å². The zero-order chi connectivity index (χ0) is 19.2. The van der Waals surface area contributed by atoms with Crippen LogP contribution in [0.4, 0.5) is 0 Å². The van der Waals surface area contributed by atoms with Crippen molar-refractivity contribution in [1.29, 1.82) is 0 Å². The third-order valence-electron chi connectivity index (χ3n) is 7.33. The lowest BCUT2D eigenvalue weighted by molar-refractivity contribution is -0.160.